The molecule has 0 atom stereocenters. The monoisotopic (exact) mass is 370 g/mol. The molecular weight excluding hydrogens is 352 g/mol. The molecule has 1 amide bonds. The minimum Gasteiger partial charge on any atom is -0.489 e. The Labute approximate surface area is 156 Å². The fraction of sp³-hybridized carbons (Fsp3) is 0.316. The zero-order valence-electron chi connectivity index (χ0n) is 14.4. The molecule has 2 aromatic heterocycles. The number of aryl methyl sites for hydroxylation is 1. The number of hydrogen-bond donors (Lipinski definition) is 0. The minimum absolute atomic E-state index is 0.0146. The zero-order chi connectivity index (χ0) is 18.1. The summed E-state index contributed by atoms with van der Waals surface area (Å²) in [4.78, 5) is 23.4. The van der Waals surface area contributed by atoms with Crippen LogP contribution < -0.4 is 4.74 Å². The fourth-order valence-corrected chi connectivity index (χ4v) is 3.48. The maximum atomic E-state index is 13.0. The molecule has 0 spiro atoms. The number of aromatic nitrogens is 3. The van der Waals surface area contributed by atoms with Crippen LogP contribution >= 0.6 is 11.6 Å². The van der Waals surface area contributed by atoms with Crippen molar-refractivity contribution in [1.82, 2.24) is 19.3 Å². The molecule has 7 heteroatoms. The van der Waals surface area contributed by atoms with Crippen molar-refractivity contribution in [3.05, 3.63) is 59.1 Å². The molecule has 0 unspecified atom stereocenters. The molecule has 1 aliphatic heterocycles. The predicted molar refractivity (Wildman–Crippen MR) is 98.7 cm³/mol. The van der Waals surface area contributed by atoms with Gasteiger partial charge in [-0.25, -0.2) is 9.97 Å². The molecular formula is C19H19ClN4O2. The predicted octanol–water partition coefficient (Wildman–Crippen LogP) is 3.37. The third-order valence-corrected chi connectivity index (χ3v) is 4.95. The summed E-state index contributed by atoms with van der Waals surface area (Å²) in [6.45, 7) is 3.12. The van der Waals surface area contributed by atoms with Gasteiger partial charge in [0.15, 0.2) is 0 Å². The maximum absolute atomic E-state index is 13.0. The number of rotatable bonds is 3. The van der Waals surface area contributed by atoms with Crippen LogP contribution in [-0.2, 0) is 0 Å². The van der Waals surface area contributed by atoms with E-state index in [0.29, 0.717) is 41.0 Å². The number of carbonyl (C=O) groups is 1. The van der Waals surface area contributed by atoms with Crippen LogP contribution in [0.3, 0.4) is 0 Å². The van der Waals surface area contributed by atoms with Gasteiger partial charge in [-0.1, -0.05) is 23.7 Å². The second-order valence-corrected chi connectivity index (χ2v) is 6.78. The largest absolute Gasteiger partial charge is 0.489 e. The van der Waals surface area contributed by atoms with Crippen LogP contribution in [0.2, 0.25) is 5.02 Å². The summed E-state index contributed by atoms with van der Waals surface area (Å²) in [5.41, 5.74) is 1.28. The molecule has 6 nitrogen and oxygen atoms in total. The Balaban J connectivity index is 1.45. The first-order chi connectivity index (χ1) is 12.6. The van der Waals surface area contributed by atoms with E-state index in [-0.39, 0.29) is 12.0 Å². The number of piperidine rings is 1. The topological polar surface area (TPSA) is 59.7 Å². The van der Waals surface area contributed by atoms with Crippen molar-refractivity contribution in [3.63, 3.8) is 0 Å². The van der Waals surface area contributed by atoms with E-state index in [2.05, 4.69) is 9.97 Å². The Bertz CT molecular complexity index is 948. The lowest BCUT2D eigenvalue weighted by Crippen LogP contribution is -2.42. The first-order valence-corrected chi connectivity index (χ1v) is 9.01. The van der Waals surface area contributed by atoms with Gasteiger partial charge in [0.2, 0.25) is 5.78 Å². The molecule has 26 heavy (non-hydrogen) atoms. The highest BCUT2D eigenvalue weighted by atomic mass is 35.5. The van der Waals surface area contributed by atoms with Gasteiger partial charge in [-0.3, -0.25) is 9.20 Å². The van der Waals surface area contributed by atoms with Gasteiger partial charge in [0.25, 0.3) is 5.91 Å². The maximum Gasteiger partial charge on any atom is 0.272 e. The molecule has 0 saturated carbocycles. The molecule has 3 heterocycles. The zero-order valence-corrected chi connectivity index (χ0v) is 15.2. The van der Waals surface area contributed by atoms with E-state index in [4.69, 9.17) is 16.3 Å². The number of amides is 1. The number of benzene rings is 1. The molecule has 1 aliphatic rings. The first kappa shape index (κ1) is 16.8. The van der Waals surface area contributed by atoms with Crippen molar-refractivity contribution in [2.75, 3.05) is 13.1 Å². The summed E-state index contributed by atoms with van der Waals surface area (Å²) >= 11 is 6.16. The van der Waals surface area contributed by atoms with E-state index in [1.54, 1.807) is 16.7 Å². The number of carbonyl (C=O) groups excluding carboxylic acids is 1. The molecule has 0 bridgehead atoms. The smallest absolute Gasteiger partial charge is 0.272 e. The van der Waals surface area contributed by atoms with Crippen molar-refractivity contribution in [2.45, 2.75) is 25.9 Å². The molecule has 1 saturated heterocycles. The van der Waals surface area contributed by atoms with Crippen LogP contribution in [0.25, 0.3) is 5.78 Å². The van der Waals surface area contributed by atoms with E-state index in [1.807, 2.05) is 42.3 Å². The summed E-state index contributed by atoms with van der Waals surface area (Å²) in [5, 5.41) is 0.611. The summed E-state index contributed by atoms with van der Waals surface area (Å²) in [7, 11) is 0. The van der Waals surface area contributed by atoms with Gasteiger partial charge in [0.05, 0.1) is 10.7 Å². The van der Waals surface area contributed by atoms with E-state index < -0.39 is 0 Å². The van der Waals surface area contributed by atoms with Crippen LogP contribution in [0.1, 0.15) is 29.0 Å². The lowest BCUT2D eigenvalue weighted by atomic mass is 10.1. The number of hydrogen-bond acceptors (Lipinski definition) is 4. The van der Waals surface area contributed by atoms with Crippen LogP contribution in [0.15, 0.2) is 42.7 Å². The Morgan fingerprint density at radius 3 is 2.77 bits per heavy atom. The molecule has 4 rings (SSSR count). The van der Waals surface area contributed by atoms with E-state index >= 15 is 0 Å². The number of likely N-dealkylation sites (tertiary alicyclic amines) is 1. The van der Waals surface area contributed by atoms with Gasteiger partial charge in [-0.2, -0.15) is 0 Å². The number of imidazole rings is 1. The summed E-state index contributed by atoms with van der Waals surface area (Å²) < 4.78 is 7.76. The number of halogens is 1. The molecule has 0 N–H and O–H groups in total. The van der Waals surface area contributed by atoms with Crippen molar-refractivity contribution in [3.8, 4) is 5.75 Å². The lowest BCUT2D eigenvalue weighted by molar-refractivity contribution is 0.0588. The molecule has 1 aromatic carbocycles. The van der Waals surface area contributed by atoms with Crippen LogP contribution in [-0.4, -0.2) is 44.4 Å². The Kier molecular flexibility index (Phi) is 4.51. The number of para-hydroxylation sites is 1. The molecule has 3 aromatic rings. The van der Waals surface area contributed by atoms with Gasteiger partial charge >= 0.3 is 0 Å². The second-order valence-electron chi connectivity index (χ2n) is 6.38. The van der Waals surface area contributed by atoms with Crippen LogP contribution in [0.5, 0.6) is 5.75 Å². The third kappa shape index (κ3) is 3.12. The Morgan fingerprint density at radius 1 is 1.23 bits per heavy atom. The number of ether oxygens (including phenoxy) is 1. The second kappa shape index (κ2) is 6.96. The molecule has 0 aliphatic carbocycles. The minimum atomic E-state index is -0.0146. The SMILES string of the molecule is Cc1nc2ncccn2c1C(=O)N1CCC(Oc2ccccc2Cl)CC1. The molecule has 134 valence electrons. The van der Waals surface area contributed by atoms with E-state index in [0.717, 1.165) is 12.8 Å². The number of fused-ring (bicyclic) bond motifs is 1. The van der Waals surface area contributed by atoms with Crippen LogP contribution in [0, 0.1) is 6.92 Å². The first-order valence-electron chi connectivity index (χ1n) is 8.63. The Hall–Kier alpha value is -2.60. The standard InChI is InChI=1S/C19H19ClN4O2/c1-13-17(24-10-4-9-21-19(24)22-13)18(25)23-11-7-14(8-12-23)26-16-6-3-2-5-15(16)20/h2-6,9-10,14H,7-8,11-12H2,1H3. The lowest BCUT2D eigenvalue weighted by Gasteiger charge is -2.32. The highest BCUT2D eigenvalue weighted by Crippen LogP contribution is 2.27. The van der Waals surface area contributed by atoms with Crippen LogP contribution in [0.4, 0.5) is 0 Å². The quantitative estimate of drug-likeness (QED) is 0.709. The van der Waals surface area contributed by atoms with Gasteiger partial charge in [0.1, 0.15) is 17.5 Å². The number of nitrogens with zero attached hydrogens (tertiary/aromatic N) is 4. The normalized spacial score (nSPS) is 15.4. The molecule has 0 radical (unpaired) electrons. The highest BCUT2D eigenvalue weighted by Gasteiger charge is 2.28. The van der Waals surface area contributed by atoms with Crippen molar-refractivity contribution >= 4 is 23.3 Å². The third-order valence-electron chi connectivity index (χ3n) is 4.64. The van der Waals surface area contributed by atoms with Crippen molar-refractivity contribution in [2.24, 2.45) is 0 Å². The summed E-state index contributed by atoms with van der Waals surface area (Å²) in [6.07, 6.45) is 5.09. The van der Waals surface area contributed by atoms with Gasteiger partial charge in [0, 0.05) is 38.3 Å². The van der Waals surface area contributed by atoms with Gasteiger partial charge in [-0.15, -0.1) is 0 Å². The summed E-state index contributed by atoms with van der Waals surface area (Å²) in [6, 6.07) is 9.27. The van der Waals surface area contributed by atoms with Gasteiger partial charge < -0.3 is 9.64 Å². The van der Waals surface area contributed by atoms with Gasteiger partial charge in [-0.05, 0) is 25.1 Å². The van der Waals surface area contributed by atoms with Crippen molar-refractivity contribution < 1.29 is 9.53 Å². The summed E-state index contributed by atoms with van der Waals surface area (Å²) in [5.74, 6) is 1.23. The molecule has 1 fully saturated rings. The fourth-order valence-electron chi connectivity index (χ4n) is 3.30. The Morgan fingerprint density at radius 2 is 2.00 bits per heavy atom. The average Bonchev–Trinajstić information content (AvgIpc) is 2.99. The van der Waals surface area contributed by atoms with Crippen molar-refractivity contribution in [1.29, 1.82) is 0 Å². The van der Waals surface area contributed by atoms with E-state index in [9.17, 15) is 4.79 Å². The highest BCUT2D eigenvalue weighted by molar-refractivity contribution is 6.32. The van der Waals surface area contributed by atoms with E-state index in [1.165, 1.54) is 0 Å². The average molecular weight is 371 g/mol.